The number of anilines is 12. The molecule has 0 unspecified atom stereocenters. The molecular weight excluding hydrogens is 1520 g/mol. The zero-order chi connectivity index (χ0) is 87.1. The third-order valence-corrected chi connectivity index (χ3v) is 26.0. The fourth-order valence-electron chi connectivity index (χ4n) is 17.9. The van der Waals surface area contributed by atoms with E-state index in [4.69, 9.17) is 11.6 Å². The Labute approximate surface area is 751 Å². The van der Waals surface area contributed by atoms with Gasteiger partial charge in [0.15, 0.2) is 0 Å². The van der Waals surface area contributed by atoms with E-state index in [1.54, 1.807) is 0 Å². The van der Waals surface area contributed by atoms with Gasteiger partial charge in [-0.05, 0) is 250 Å². The highest BCUT2D eigenvalue weighted by Gasteiger charge is 2.45. The molecular formula is C118H132BClN4. The standard InChI is InChI=1S/C58H61BN2.C58H63ClN2.2CH4/c1-38-32-52-54-53(33-38)61(49-31-28-44(35-46(49)39-20-15-13-16-21-39)58(11,12)40-22-17-14-18-23-40)51-37-43(57(8,9)10)27-30-48(51)59(54)47-29-26-42(56(5,6)7)36-50(47)60(52)45-25-19-24-41(34-45)55(2,3)4;1-40-34-52(60(47-29-19-26-43(36-47)55(2,3)4)48-30-20-27-44(37-48)56(5,6)7)54(59)53(35-40)61(49-31-21-28-45(38-49)57(8,9)10)51-33-32-46(39-50(51)41-22-15-13-16-23-41)58(11,12)42-24-17-14-18-25-42;;/h13-37H,1-12H3;13-39H,1-12H3;2*1H4. The summed E-state index contributed by atoms with van der Waals surface area (Å²) in [5, 5.41) is 0.668. The Morgan fingerprint density at radius 1 is 0.250 bits per heavy atom. The van der Waals surface area contributed by atoms with E-state index in [0.717, 1.165) is 50.8 Å². The molecule has 0 fully saturated rings. The number of nitrogens with zero attached hydrogens (tertiary/aromatic N) is 4. The van der Waals surface area contributed by atoms with Gasteiger partial charge in [0.05, 0.1) is 27.8 Å². The summed E-state index contributed by atoms with van der Waals surface area (Å²) >= 11 is 8.06. The van der Waals surface area contributed by atoms with Gasteiger partial charge >= 0.3 is 0 Å². The average molecular weight is 1650 g/mol. The molecule has 0 bridgehead atoms. The van der Waals surface area contributed by atoms with Crippen LogP contribution in [0.25, 0.3) is 22.3 Å². The molecule has 14 aromatic rings. The highest BCUT2D eigenvalue weighted by Crippen LogP contribution is 2.54. The molecule has 124 heavy (non-hydrogen) atoms. The first-order chi connectivity index (χ1) is 57.5. The molecule has 0 radical (unpaired) electrons. The third-order valence-electron chi connectivity index (χ3n) is 25.6. The summed E-state index contributed by atoms with van der Waals surface area (Å²) in [6.07, 6.45) is 0. The van der Waals surface area contributed by atoms with E-state index in [-0.39, 0.29) is 64.9 Å². The highest BCUT2D eigenvalue weighted by atomic mass is 35.5. The van der Waals surface area contributed by atoms with Crippen LogP contribution in [0.4, 0.5) is 68.2 Å². The number of rotatable bonds is 14. The second-order valence-electron chi connectivity index (χ2n) is 41.5. The van der Waals surface area contributed by atoms with E-state index in [0.29, 0.717) is 5.02 Å². The van der Waals surface area contributed by atoms with Crippen LogP contribution in [-0.4, -0.2) is 6.71 Å². The van der Waals surface area contributed by atoms with Gasteiger partial charge in [-0.25, -0.2) is 0 Å². The van der Waals surface area contributed by atoms with Crippen molar-refractivity contribution in [1.29, 1.82) is 0 Å². The van der Waals surface area contributed by atoms with Crippen LogP contribution in [0.3, 0.4) is 0 Å². The van der Waals surface area contributed by atoms with Gasteiger partial charge in [-0.3, -0.25) is 0 Å². The lowest BCUT2D eigenvalue weighted by atomic mass is 9.33. The van der Waals surface area contributed by atoms with Crippen LogP contribution in [0.1, 0.15) is 234 Å². The maximum atomic E-state index is 8.06. The molecule has 6 heteroatoms. The van der Waals surface area contributed by atoms with Gasteiger partial charge in [-0.2, -0.15) is 0 Å². The highest BCUT2D eigenvalue weighted by molar-refractivity contribution is 7.00. The fourth-order valence-corrected chi connectivity index (χ4v) is 18.2. The van der Waals surface area contributed by atoms with Crippen LogP contribution in [0.2, 0.25) is 5.02 Å². The minimum absolute atomic E-state index is 0. The van der Waals surface area contributed by atoms with Crippen LogP contribution in [0.15, 0.2) is 315 Å². The number of halogens is 1. The molecule has 634 valence electrons. The second-order valence-corrected chi connectivity index (χ2v) is 41.9. The zero-order valence-electron chi connectivity index (χ0n) is 76.8. The van der Waals surface area contributed by atoms with Crippen molar-refractivity contribution < 1.29 is 0 Å². The minimum Gasteiger partial charge on any atom is -0.311 e. The number of aryl methyl sites for hydroxylation is 2. The van der Waals surface area contributed by atoms with Gasteiger partial charge in [-0.1, -0.05) is 385 Å². The summed E-state index contributed by atoms with van der Waals surface area (Å²) in [5.41, 5.74) is 36.8. The van der Waals surface area contributed by atoms with Gasteiger partial charge in [0, 0.05) is 67.5 Å². The van der Waals surface area contributed by atoms with Crippen molar-refractivity contribution in [3.63, 3.8) is 0 Å². The maximum absolute atomic E-state index is 8.06. The lowest BCUT2D eigenvalue weighted by Gasteiger charge is -2.45. The molecule has 0 spiro atoms. The summed E-state index contributed by atoms with van der Waals surface area (Å²) in [4.78, 5) is 9.95. The van der Waals surface area contributed by atoms with Gasteiger partial charge in [-0.15, -0.1) is 0 Å². The van der Waals surface area contributed by atoms with E-state index >= 15 is 0 Å². The molecule has 16 rings (SSSR count). The van der Waals surface area contributed by atoms with E-state index in [1.807, 2.05) is 0 Å². The van der Waals surface area contributed by atoms with Crippen molar-refractivity contribution in [3.8, 4) is 22.3 Å². The van der Waals surface area contributed by atoms with Gasteiger partial charge in [0.1, 0.15) is 0 Å². The van der Waals surface area contributed by atoms with Crippen molar-refractivity contribution >= 4 is 103 Å². The lowest BCUT2D eigenvalue weighted by Crippen LogP contribution is -2.61. The first kappa shape index (κ1) is 90.4. The Morgan fingerprint density at radius 2 is 0.581 bits per heavy atom. The largest absolute Gasteiger partial charge is 0.311 e. The minimum atomic E-state index is -0.238. The van der Waals surface area contributed by atoms with Crippen molar-refractivity contribution in [2.75, 3.05) is 19.6 Å². The van der Waals surface area contributed by atoms with Gasteiger partial charge < -0.3 is 19.6 Å². The summed E-state index contributed by atoms with van der Waals surface area (Å²) in [5.74, 6) is 0. The average Bonchev–Trinajstić information content (AvgIpc) is 0.691. The molecule has 0 N–H and O–H groups in total. The fraction of sp³-hybridized carbons (Fsp3) is 0.288. The number of hydrogen-bond acceptors (Lipinski definition) is 4. The molecule has 0 saturated carbocycles. The Morgan fingerprint density at radius 3 is 1.02 bits per heavy atom. The maximum Gasteiger partial charge on any atom is 0.252 e. The van der Waals surface area contributed by atoms with Crippen molar-refractivity contribution in [1.82, 2.24) is 0 Å². The van der Waals surface area contributed by atoms with Crippen molar-refractivity contribution in [2.24, 2.45) is 0 Å². The third kappa shape index (κ3) is 17.9. The molecule has 0 atom stereocenters. The molecule has 0 saturated heterocycles. The summed E-state index contributed by atoms with van der Waals surface area (Å²) in [6.45, 7) is 55.3. The predicted octanol–water partition coefficient (Wildman–Crippen LogP) is 32.7. The Kier molecular flexibility index (Phi) is 25.0. The molecule has 14 aromatic carbocycles. The topological polar surface area (TPSA) is 13.0 Å². The molecule has 0 amide bonds. The lowest BCUT2D eigenvalue weighted by molar-refractivity contribution is 0.589. The molecule has 2 aliphatic heterocycles. The number of hydrogen-bond donors (Lipinski definition) is 0. The van der Waals surface area contributed by atoms with Crippen LogP contribution in [0, 0.1) is 13.8 Å². The van der Waals surface area contributed by atoms with E-state index < -0.39 is 0 Å². The van der Waals surface area contributed by atoms with Gasteiger partial charge in [0.2, 0.25) is 0 Å². The normalized spacial score (nSPS) is 12.9. The Hall–Kier alpha value is -11.4. The van der Waals surface area contributed by atoms with E-state index in [1.165, 1.54) is 123 Å². The smallest absolute Gasteiger partial charge is 0.252 e. The zero-order valence-corrected chi connectivity index (χ0v) is 77.5. The molecule has 0 aromatic heterocycles. The summed E-state index contributed by atoms with van der Waals surface area (Å²) in [7, 11) is 0. The quantitative estimate of drug-likeness (QED) is 0.101. The van der Waals surface area contributed by atoms with Crippen molar-refractivity contribution in [3.05, 3.63) is 387 Å². The van der Waals surface area contributed by atoms with Crippen LogP contribution in [-0.2, 0) is 43.3 Å². The molecule has 2 heterocycles. The molecule has 0 aliphatic carbocycles. The molecule has 2 aliphatic rings. The SMILES string of the molecule is C.C.Cc1cc(N(c2cccc(C(C)(C)C)c2)c2cccc(C(C)(C)C)c2)c(Cl)c(N(c2cccc(C(C)(C)C)c2)c2ccc(C(C)(C)c3ccccc3)cc2-c2ccccc2)c1.Cc1cc2c3c(c1)N(c1ccc(C(C)(C)c4ccccc4)cc1-c1ccccc1)c1cc(C(C)(C)C)ccc1B3c1ccc(C(C)(C)C)cc1N2c1cccc(C(C)(C)C)c1. The number of fused-ring (bicyclic) bond motifs is 4. The van der Waals surface area contributed by atoms with Crippen LogP contribution >= 0.6 is 11.6 Å². The Bertz CT molecular complexity index is 6130. The summed E-state index contributed by atoms with van der Waals surface area (Å²) in [6, 6.07) is 118. The summed E-state index contributed by atoms with van der Waals surface area (Å²) < 4.78 is 0. The number of benzene rings is 14. The van der Waals surface area contributed by atoms with Gasteiger partial charge in [0.25, 0.3) is 6.71 Å². The van der Waals surface area contributed by atoms with Crippen molar-refractivity contribution in [2.45, 2.75) is 224 Å². The van der Waals surface area contributed by atoms with E-state index in [9.17, 15) is 0 Å². The first-order valence-corrected chi connectivity index (χ1v) is 44.3. The van der Waals surface area contributed by atoms with E-state index in [2.05, 4.69) is 501 Å². The molecule has 4 nitrogen and oxygen atoms in total. The second kappa shape index (κ2) is 34.3. The Balaban J connectivity index is 0.000000210. The van der Waals surface area contributed by atoms with Crippen LogP contribution in [0.5, 0.6) is 0 Å². The predicted molar refractivity (Wildman–Crippen MR) is 544 cm³/mol. The first-order valence-electron chi connectivity index (χ1n) is 43.9. The van der Waals surface area contributed by atoms with Crippen LogP contribution < -0.4 is 36.0 Å². The monoisotopic (exact) mass is 1650 g/mol.